The van der Waals surface area contributed by atoms with E-state index in [0.717, 1.165) is 24.6 Å². The second kappa shape index (κ2) is 5.21. The normalized spacial score (nSPS) is 20.5. The van der Waals surface area contributed by atoms with Crippen molar-refractivity contribution in [2.45, 2.75) is 18.8 Å². The summed E-state index contributed by atoms with van der Waals surface area (Å²) >= 11 is 0. The van der Waals surface area contributed by atoms with Crippen LogP contribution in [0.2, 0.25) is 0 Å². The van der Waals surface area contributed by atoms with Gasteiger partial charge in [-0.15, -0.1) is 0 Å². The molecule has 0 spiro atoms. The van der Waals surface area contributed by atoms with E-state index >= 15 is 0 Å². The standard InChI is InChI=1S/C13H19NO2/c1-15-11-6-3-7-12(16-2)13(11)10-5-4-8-14-9-10/h3,6-7,10,14H,4-5,8-9H2,1-2H3/t10-/m0/s1. The van der Waals surface area contributed by atoms with Gasteiger partial charge in [0.15, 0.2) is 0 Å². The summed E-state index contributed by atoms with van der Waals surface area (Å²) in [5, 5.41) is 3.42. The average Bonchev–Trinajstić information content (AvgIpc) is 2.38. The zero-order valence-electron chi connectivity index (χ0n) is 9.95. The molecule has 1 aliphatic heterocycles. The van der Waals surface area contributed by atoms with Gasteiger partial charge >= 0.3 is 0 Å². The van der Waals surface area contributed by atoms with E-state index in [1.165, 1.54) is 18.4 Å². The highest BCUT2D eigenvalue weighted by Crippen LogP contribution is 2.37. The molecule has 1 fully saturated rings. The Bertz CT molecular complexity index is 324. The Labute approximate surface area is 96.8 Å². The Hall–Kier alpha value is -1.22. The lowest BCUT2D eigenvalue weighted by molar-refractivity contribution is 0.364. The quantitative estimate of drug-likeness (QED) is 0.848. The topological polar surface area (TPSA) is 30.5 Å². The Kier molecular flexibility index (Phi) is 3.67. The van der Waals surface area contributed by atoms with E-state index in [2.05, 4.69) is 5.32 Å². The van der Waals surface area contributed by atoms with Gasteiger partial charge in [-0.3, -0.25) is 0 Å². The maximum atomic E-state index is 5.43. The Morgan fingerprint density at radius 3 is 2.38 bits per heavy atom. The Morgan fingerprint density at radius 1 is 1.19 bits per heavy atom. The summed E-state index contributed by atoms with van der Waals surface area (Å²) in [5.41, 5.74) is 1.21. The van der Waals surface area contributed by atoms with Gasteiger partial charge in [-0.05, 0) is 31.5 Å². The zero-order valence-corrected chi connectivity index (χ0v) is 9.95. The summed E-state index contributed by atoms with van der Waals surface area (Å²) < 4.78 is 10.9. The summed E-state index contributed by atoms with van der Waals surface area (Å²) in [5.74, 6) is 2.38. The van der Waals surface area contributed by atoms with E-state index in [1.54, 1.807) is 14.2 Å². The van der Waals surface area contributed by atoms with E-state index in [9.17, 15) is 0 Å². The number of hydrogen-bond acceptors (Lipinski definition) is 3. The molecule has 3 heteroatoms. The van der Waals surface area contributed by atoms with Crippen molar-refractivity contribution in [3.8, 4) is 11.5 Å². The van der Waals surface area contributed by atoms with Crippen LogP contribution in [-0.2, 0) is 0 Å². The smallest absolute Gasteiger partial charge is 0.126 e. The van der Waals surface area contributed by atoms with Crippen LogP contribution in [0.4, 0.5) is 0 Å². The Morgan fingerprint density at radius 2 is 1.88 bits per heavy atom. The molecule has 88 valence electrons. The highest BCUT2D eigenvalue weighted by Gasteiger charge is 2.22. The van der Waals surface area contributed by atoms with Crippen LogP contribution in [0.3, 0.4) is 0 Å². The molecule has 0 aliphatic carbocycles. The van der Waals surface area contributed by atoms with Gasteiger partial charge in [-0.1, -0.05) is 6.07 Å². The maximum Gasteiger partial charge on any atom is 0.126 e. The van der Waals surface area contributed by atoms with Gasteiger partial charge in [-0.2, -0.15) is 0 Å². The Balaban J connectivity index is 2.34. The van der Waals surface area contributed by atoms with Crippen LogP contribution < -0.4 is 14.8 Å². The molecule has 0 amide bonds. The predicted octanol–water partition coefficient (Wildman–Crippen LogP) is 2.17. The van der Waals surface area contributed by atoms with Crippen molar-refractivity contribution < 1.29 is 9.47 Å². The van der Waals surface area contributed by atoms with Crippen LogP contribution in [0.15, 0.2) is 18.2 Å². The summed E-state index contributed by atoms with van der Waals surface area (Å²) in [7, 11) is 3.43. The first-order valence-corrected chi connectivity index (χ1v) is 5.78. The largest absolute Gasteiger partial charge is 0.496 e. The minimum Gasteiger partial charge on any atom is -0.496 e. The fourth-order valence-electron chi connectivity index (χ4n) is 2.38. The van der Waals surface area contributed by atoms with Gasteiger partial charge in [0.1, 0.15) is 11.5 Å². The van der Waals surface area contributed by atoms with Crippen molar-refractivity contribution in [1.82, 2.24) is 5.32 Å². The fraction of sp³-hybridized carbons (Fsp3) is 0.538. The van der Waals surface area contributed by atoms with Gasteiger partial charge in [0.05, 0.1) is 14.2 Å². The third-order valence-corrected chi connectivity index (χ3v) is 3.17. The number of rotatable bonds is 3. The van der Waals surface area contributed by atoms with Gasteiger partial charge < -0.3 is 14.8 Å². The van der Waals surface area contributed by atoms with Crippen molar-refractivity contribution in [2.75, 3.05) is 27.3 Å². The molecule has 1 N–H and O–H groups in total. The van der Waals surface area contributed by atoms with Crippen molar-refractivity contribution in [1.29, 1.82) is 0 Å². The lowest BCUT2D eigenvalue weighted by atomic mass is 9.90. The predicted molar refractivity (Wildman–Crippen MR) is 64.4 cm³/mol. The first-order valence-electron chi connectivity index (χ1n) is 5.78. The van der Waals surface area contributed by atoms with Crippen LogP contribution in [0, 0.1) is 0 Å². The molecule has 1 aliphatic rings. The molecule has 1 aromatic carbocycles. The van der Waals surface area contributed by atoms with Crippen LogP contribution in [0.25, 0.3) is 0 Å². The van der Waals surface area contributed by atoms with E-state index in [4.69, 9.17) is 9.47 Å². The highest BCUT2D eigenvalue weighted by atomic mass is 16.5. The van der Waals surface area contributed by atoms with Crippen molar-refractivity contribution >= 4 is 0 Å². The summed E-state index contributed by atoms with van der Waals surface area (Å²) in [4.78, 5) is 0. The molecule has 0 bridgehead atoms. The van der Waals surface area contributed by atoms with Crippen LogP contribution in [-0.4, -0.2) is 27.3 Å². The van der Waals surface area contributed by atoms with E-state index in [-0.39, 0.29) is 0 Å². The monoisotopic (exact) mass is 221 g/mol. The van der Waals surface area contributed by atoms with E-state index < -0.39 is 0 Å². The van der Waals surface area contributed by atoms with Gasteiger partial charge in [0.2, 0.25) is 0 Å². The van der Waals surface area contributed by atoms with Crippen molar-refractivity contribution in [3.05, 3.63) is 23.8 Å². The van der Waals surface area contributed by atoms with Crippen LogP contribution in [0.1, 0.15) is 24.3 Å². The number of benzene rings is 1. The van der Waals surface area contributed by atoms with Crippen molar-refractivity contribution in [3.63, 3.8) is 0 Å². The zero-order chi connectivity index (χ0) is 11.4. The number of nitrogens with one attached hydrogen (secondary N) is 1. The first kappa shape index (κ1) is 11.3. The van der Waals surface area contributed by atoms with E-state index in [0.29, 0.717) is 5.92 Å². The minimum absolute atomic E-state index is 0.500. The average molecular weight is 221 g/mol. The maximum absolute atomic E-state index is 5.43. The second-order valence-corrected chi connectivity index (χ2v) is 4.12. The molecule has 3 nitrogen and oxygen atoms in total. The summed E-state index contributed by atoms with van der Waals surface area (Å²) in [6, 6.07) is 5.98. The van der Waals surface area contributed by atoms with E-state index in [1.807, 2.05) is 18.2 Å². The molecular formula is C13H19NO2. The molecule has 2 rings (SSSR count). The molecule has 1 saturated heterocycles. The third-order valence-electron chi connectivity index (χ3n) is 3.17. The lowest BCUT2D eigenvalue weighted by Crippen LogP contribution is -2.28. The minimum atomic E-state index is 0.500. The number of methoxy groups -OCH3 is 2. The molecule has 1 heterocycles. The molecule has 1 aromatic rings. The van der Waals surface area contributed by atoms with Gasteiger partial charge in [0.25, 0.3) is 0 Å². The molecule has 0 saturated carbocycles. The van der Waals surface area contributed by atoms with Crippen molar-refractivity contribution in [2.24, 2.45) is 0 Å². The second-order valence-electron chi connectivity index (χ2n) is 4.12. The van der Waals surface area contributed by atoms with Crippen LogP contribution in [0.5, 0.6) is 11.5 Å². The summed E-state index contributed by atoms with van der Waals surface area (Å²) in [6.45, 7) is 2.13. The number of piperidine rings is 1. The first-order chi connectivity index (χ1) is 7.86. The number of hydrogen-bond donors (Lipinski definition) is 1. The van der Waals surface area contributed by atoms with Gasteiger partial charge in [0, 0.05) is 18.0 Å². The molecule has 0 radical (unpaired) electrons. The fourth-order valence-corrected chi connectivity index (χ4v) is 2.38. The molecule has 1 atom stereocenters. The molecule has 16 heavy (non-hydrogen) atoms. The lowest BCUT2D eigenvalue weighted by Gasteiger charge is -2.26. The third kappa shape index (κ3) is 2.14. The summed E-state index contributed by atoms with van der Waals surface area (Å²) in [6.07, 6.45) is 2.41. The number of ether oxygens (including phenoxy) is 2. The molecular weight excluding hydrogens is 202 g/mol. The SMILES string of the molecule is COc1cccc(OC)c1[C@H]1CCCNC1. The molecule has 0 aromatic heterocycles. The van der Waals surface area contributed by atoms with Gasteiger partial charge in [-0.25, -0.2) is 0 Å². The highest BCUT2D eigenvalue weighted by molar-refractivity contribution is 5.47. The molecule has 0 unspecified atom stereocenters. The van der Waals surface area contributed by atoms with Crippen LogP contribution >= 0.6 is 0 Å².